The summed E-state index contributed by atoms with van der Waals surface area (Å²) >= 11 is 1.60. The predicted molar refractivity (Wildman–Crippen MR) is 115 cm³/mol. The highest BCUT2D eigenvalue weighted by Crippen LogP contribution is 2.27. The van der Waals surface area contributed by atoms with E-state index >= 15 is 0 Å². The van der Waals surface area contributed by atoms with Gasteiger partial charge in [-0.05, 0) is 36.4 Å². The normalized spacial score (nSPS) is 10.5. The number of benzene rings is 2. The standard InChI is InChI=1S/C22H24N2O5S/c1-26-16-9-8-15(20(13-16)27-2)10-11-23-22(25)18-12-17(29-24-18)14-28-19-6-4-5-7-21(19)30-3/h4-9,12-13H,10-11,14H2,1-3H3,(H,23,25). The third-order valence-corrected chi connectivity index (χ3v) is 5.18. The van der Waals surface area contributed by atoms with Gasteiger partial charge in [-0.15, -0.1) is 11.8 Å². The van der Waals surface area contributed by atoms with Crippen LogP contribution in [-0.4, -0.2) is 38.1 Å². The van der Waals surface area contributed by atoms with Crippen molar-refractivity contribution in [3.05, 3.63) is 65.5 Å². The smallest absolute Gasteiger partial charge is 0.273 e. The van der Waals surface area contributed by atoms with E-state index in [0.717, 1.165) is 27.7 Å². The second-order valence-corrected chi connectivity index (χ2v) is 7.15. The van der Waals surface area contributed by atoms with Crippen molar-refractivity contribution in [1.82, 2.24) is 10.5 Å². The number of amides is 1. The molecule has 0 saturated carbocycles. The second kappa shape index (κ2) is 10.6. The quantitative estimate of drug-likeness (QED) is 0.489. The van der Waals surface area contributed by atoms with Crippen LogP contribution in [0.3, 0.4) is 0 Å². The van der Waals surface area contributed by atoms with E-state index in [-0.39, 0.29) is 18.2 Å². The molecule has 0 aliphatic carbocycles. The lowest BCUT2D eigenvalue weighted by Crippen LogP contribution is -2.26. The number of aromatic nitrogens is 1. The molecule has 158 valence electrons. The summed E-state index contributed by atoms with van der Waals surface area (Å²) < 4.78 is 21.6. The Morgan fingerprint density at radius 1 is 1.10 bits per heavy atom. The molecule has 1 amide bonds. The van der Waals surface area contributed by atoms with Gasteiger partial charge in [0.25, 0.3) is 5.91 Å². The Labute approximate surface area is 179 Å². The van der Waals surface area contributed by atoms with Gasteiger partial charge in [-0.2, -0.15) is 0 Å². The van der Waals surface area contributed by atoms with Gasteiger partial charge in [0, 0.05) is 23.6 Å². The lowest BCUT2D eigenvalue weighted by molar-refractivity contribution is 0.0944. The molecular formula is C22H24N2O5S. The molecule has 8 heteroatoms. The topological polar surface area (TPSA) is 82.8 Å². The van der Waals surface area contributed by atoms with E-state index in [4.69, 9.17) is 18.7 Å². The second-order valence-electron chi connectivity index (χ2n) is 6.30. The van der Waals surface area contributed by atoms with Crippen molar-refractivity contribution < 1.29 is 23.5 Å². The molecule has 1 heterocycles. The minimum atomic E-state index is -0.304. The first-order valence-corrected chi connectivity index (χ1v) is 10.6. The molecule has 0 fully saturated rings. The maximum atomic E-state index is 12.3. The molecule has 3 rings (SSSR count). The molecule has 0 aliphatic heterocycles. The highest BCUT2D eigenvalue weighted by molar-refractivity contribution is 7.98. The van der Waals surface area contributed by atoms with E-state index in [1.807, 2.05) is 48.7 Å². The molecule has 0 radical (unpaired) electrons. The van der Waals surface area contributed by atoms with E-state index in [9.17, 15) is 4.79 Å². The molecule has 1 aromatic heterocycles. The Kier molecular flexibility index (Phi) is 7.62. The summed E-state index contributed by atoms with van der Waals surface area (Å²) in [6.07, 6.45) is 2.60. The molecule has 0 saturated heterocycles. The zero-order valence-electron chi connectivity index (χ0n) is 17.1. The number of rotatable bonds is 10. The molecule has 0 bridgehead atoms. The van der Waals surface area contributed by atoms with Gasteiger partial charge in [0.2, 0.25) is 0 Å². The highest BCUT2D eigenvalue weighted by atomic mass is 32.2. The highest BCUT2D eigenvalue weighted by Gasteiger charge is 2.14. The van der Waals surface area contributed by atoms with Crippen molar-refractivity contribution in [2.45, 2.75) is 17.9 Å². The van der Waals surface area contributed by atoms with E-state index in [1.165, 1.54) is 0 Å². The molecule has 2 aromatic carbocycles. The van der Waals surface area contributed by atoms with Gasteiger partial charge >= 0.3 is 0 Å². The number of nitrogens with one attached hydrogen (secondary N) is 1. The van der Waals surface area contributed by atoms with Gasteiger partial charge in [-0.3, -0.25) is 4.79 Å². The minimum absolute atomic E-state index is 0.195. The molecule has 30 heavy (non-hydrogen) atoms. The maximum absolute atomic E-state index is 12.3. The summed E-state index contributed by atoms with van der Waals surface area (Å²) in [6, 6.07) is 14.9. The van der Waals surface area contributed by atoms with E-state index in [2.05, 4.69) is 10.5 Å². The molecule has 0 atom stereocenters. The Balaban J connectivity index is 1.51. The number of hydrogen-bond acceptors (Lipinski definition) is 7. The Morgan fingerprint density at radius 3 is 2.70 bits per heavy atom. The lowest BCUT2D eigenvalue weighted by atomic mass is 10.1. The number of carbonyl (C=O) groups is 1. The molecule has 0 spiro atoms. The van der Waals surface area contributed by atoms with Crippen LogP contribution in [0.1, 0.15) is 21.8 Å². The summed E-state index contributed by atoms with van der Waals surface area (Å²) in [5, 5.41) is 6.68. The van der Waals surface area contributed by atoms with Crippen LogP contribution in [0, 0.1) is 0 Å². The fourth-order valence-corrected chi connectivity index (χ4v) is 3.38. The Bertz CT molecular complexity index is 989. The summed E-state index contributed by atoms with van der Waals surface area (Å²) in [6.45, 7) is 0.627. The Morgan fingerprint density at radius 2 is 1.93 bits per heavy atom. The third-order valence-electron chi connectivity index (χ3n) is 4.40. The molecule has 3 aromatic rings. The summed E-state index contributed by atoms with van der Waals surface area (Å²) in [5.41, 5.74) is 1.19. The van der Waals surface area contributed by atoms with Gasteiger partial charge < -0.3 is 24.1 Å². The van der Waals surface area contributed by atoms with Crippen LogP contribution in [0.5, 0.6) is 17.2 Å². The summed E-state index contributed by atoms with van der Waals surface area (Å²) in [4.78, 5) is 13.4. The molecular weight excluding hydrogens is 404 g/mol. The predicted octanol–water partition coefficient (Wildman–Crippen LogP) is 3.97. The van der Waals surface area contributed by atoms with Crippen LogP contribution in [-0.2, 0) is 13.0 Å². The molecule has 0 aliphatic rings. The van der Waals surface area contributed by atoms with Crippen molar-refractivity contribution in [3.8, 4) is 17.2 Å². The van der Waals surface area contributed by atoms with Crippen LogP contribution >= 0.6 is 11.8 Å². The number of hydrogen-bond donors (Lipinski definition) is 1. The van der Waals surface area contributed by atoms with Crippen LogP contribution in [0.2, 0.25) is 0 Å². The number of nitrogens with zero attached hydrogens (tertiary/aromatic N) is 1. The number of methoxy groups -OCH3 is 2. The fourth-order valence-electron chi connectivity index (χ4n) is 2.83. The summed E-state index contributed by atoms with van der Waals surface area (Å²) in [5.74, 6) is 2.38. The van der Waals surface area contributed by atoms with E-state index in [0.29, 0.717) is 18.7 Å². The van der Waals surface area contributed by atoms with Crippen molar-refractivity contribution in [2.24, 2.45) is 0 Å². The maximum Gasteiger partial charge on any atom is 0.273 e. The van der Waals surface area contributed by atoms with Crippen LogP contribution in [0.25, 0.3) is 0 Å². The largest absolute Gasteiger partial charge is 0.497 e. The number of ether oxygens (including phenoxy) is 3. The van der Waals surface area contributed by atoms with Gasteiger partial charge in [0.05, 0.1) is 14.2 Å². The molecule has 1 N–H and O–H groups in total. The van der Waals surface area contributed by atoms with Crippen molar-refractivity contribution in [2.75, 3.05) is 27.0 Å². The monoisotopic (exact) mass is 428 g/mol. The lowest BCUT2D eigenvalue weighted by Gasteiger charge is -2.10. The molecule has 0 unspecified atom stereocenters. The van der Waals surface area contributed by atoms with Gasteiger partial charge in [-0.1, -0.05) is 23.4 Å². The minimum Gasteiger partial charge on any atom is -0.497 e. The van der Waals surface area contributed by atoms with E-state index < -0.39 is 0 Å². The first kappa shape index (κ1) is 21.6. The van der Waals surface area contributed by atoms with Crippen molar-refractivity contribution in [1.29, 1.82) is 0 Å². The molecule has 7 nitrogen and oxygen atoms in total. The third kappa shape index (κ3) is 5.48. The SMILES string of the molecule is COc1ccc(CCNC(=O)c2cc(COc3ccccc3SC)on2)c(OC)c1. The fraction of sp³-hybridized carbons (Fsp3) is 0.273. The van der Waals surface area contributed by atoms with Crippen molar-refractivity contribution >= 4 is 17.7 Å². The van der Waals surface area contributed by atoms with Gasteiger partial charge in [0.15, 0.2) is 11.5 Å². The first-order chi connectivity index (χ1) is 14.6. The van der Waals surface area contributed by atoms with Crippen LogP contribution in [0.4, 0.5) is 0 Å². The zero-order chi connectivity index (χ0) is 21.3. The Hall–Kier alpha value is -3.13. The number of carbonyl (C=O) groups excluding carboxylic acids is 1. The average molecular weight is 429 g/mol. The van der Waals surface area contributed by atoms with Crippen molar-refractivity contribution in [3.63, 3.8) is 0 Å². The number of para-hydroxylation sites is 1. The van der Waals surface area contributed by atoms with Crippen LogP contribution < -0.4 is 19.5 Å². The van der Waals surface area contributed by atoms with E-state index in [1.54, 1.807) is 32.0 Å². The van der Waals surface area contributed by atoms with Gasteiger partial charge in [-0.25, -0.2) is 0 Å². The summed E-state index contributed by atoms with van der Waals surface area (Å²) in [7, 11) is 3.21. The zero-order valence-corrected chi connectivity index (χ0v) is 18.0. The average Bonchev–Trinajstić information content (AvgIpc) is 3.27. The van der Waals surface area contributed by atoms with Gasteiger partial charge in [0.1, 0.15) is 23.9 Å². The number of thioether (sulfide) groups is 1. The van der Waals surface area contributed by atoms with Crippen LogP contribution in [0.15, 0.2) is 57.9 Å². The first-order valence-electron chi connectivity index (χ1n) is 9.35.